The maximum absolute atomic E-state index is 12.3. The van der Waals surface area contributed by atoms with Gasteiger partial charge in [0.05, 0.1) is 12.8 Å². The van der Waals surface area contributed by atoms with E-state index in [1.165, 1.54) is 16.3 Å². The van der Waals surface area contributed by atoms with Crippen molar-refractivity contribution in [1.82, 2.24) is 15.1 Å². The lowest BCUT2D eigenvalue weighted by Crippen LogP contribution is -2.34. The molecule has 0 aliphatic carbocycles. The molecule has 2 aromatic carbocycles. The summed E-state index contributed by atoms with van der Waals surface area (Å²) >= 11 is 0. The van der Waals surface area contributed by atoms with Gasteiger partial charge in [0.2, 0.25) is 5.91 Å². The lowest BCUT2D eigenvalue weighted by molar-refractivity contribution is -0.121. The SMILES string of the molecule is CCc1ccc(-c2ccc(=O)n(CC(=O)NCCc3ccccc3OC)n2)cc1. The highest BCUT2D eigenvalue weighted by Crippen LogP contribution is 2.17. The molecule has 3 rings (SSSR count). The van der Waals surface area contributed by atoms with Gasteiger partial charge in [-0.15, -0.1) is 0 Å². The Balaban J connectivity index is 1.63. The molecule has 0 aliphatic heterocycles. The Hall–Kier alpha value is -3.41. The van der Waals surface area contributed by atoms with Crippen LogP contribution in [0, 0.1) is 0 Å². The first kappa shape index (κ1) is 20.3. The summed E-state index contributed by atoms with van der Waals surface area (Å²) in [5, 5.41) is 7.19. The first-order valence-corrected chi connectivity index (χ1v) is 9.66. The Kier molecular flexibility index (Phi) is 6.79. The smallest absolute Gasteiger partial charge is 0.267 e. The van der Waals surface area contributed by atoms with Gasteiger partial charge in [-0.2, -0.15) is 5.10 Å². The van der Waals surface area contributed by atoms with Crippen molar-refractivity contribution in [2.75, 3.05) is 13.7 Å². The second kappa shape index (κ2) is 9.68. The van der Waals surface area contributed by atoms with Gasteiger partial charge >= 0.3 is 0 Å². The molecule has 0 spiro atoms. The van der Waals surface area contributed by atoms with E-state index in [9.17, 15) is 9.59 Å². The Morgan fingerprint density at radius 2 is 1.83 bits per heavy atom. The number of aromatic nitrogens is 2. The average molecular weight is 391 g/mol. The zero-order valence-corrected chi connectivity index (χ0v) is 16.7. The number of amides is 1. The molecule has 0 saturated carbocycles. The number of hydrogen-bond acceptors (Lipinski definition) is 4. The summed E-state index contributed by atoms with van der Waals surface area (Å²) in [5.41, 5.74) is 3.51. The van der Waals surface area contributed by atoms with Gasteiger partial charge in [-0.3, -0.25) is 9.59 Å². The maximum Gasteiger partial charge on any atom is 0.267 e. The van der Waals surface area contributed by atoms with Gasteiger partial charge in [0.1, 0.15) is 12.3 Å². The average Bonchev–Trinajstić information content (AvgIpc) is 2.75. The second-order valence-electron chi connectivity index (χ2n) is 6.68. The van der Waals surface area contributed by atoms with Gasteiger partial charge in [0, 0.05) is 18.2 Å². The second-order valence-corrected chi connectivity index (χ2v) is 6.68. The molecule has 1 aromatic heterocycles. The predicted molar refractivity (Wildman–Crippen MR) is 113 cm³/mol. The Bertz CT molecular complexity index is 1030. The van der Waals surface area contributed by atoms with Crippen LogP contribution in [0.4, 0.5) is 0 Å². The van der Waals surface area contributed by atoms with Crippen LogP contribution >= 0.6 is 0 Å². The molecule has 29 heavy (non-hydrogen) atoms. The number of methoxy groups -OCH3 is 1. The molecule has 150 valence electrons. The number of aryl methyl sites for hydroxylation is 1. The molecule has 0 fully saturated rings. The van der Waals surface area contributed by atoms with Gasteiger partial charge < -0.3 is 10.1 Å². The summed E-state index contributed by atoms with van der Waals surface area (Å²) in [5.74, 6) is 0.536. The molecule has 1 N–H and O–H groups in total. The molecule has 0 radical (unpaired) electrons. The fraction of sp³-hybridized carbons (Fsp3) is 0.261. The van der Waals surface area contributed by atoms with Crippen molar-refractivity contribution in [2.24, 2.45) is 0 Å². The third kappa shape index (κ3) is 5.31. The number of ether oxygens (including phenoxy) is 1. The first-order valence-electron chi connectivity index (χ1n) is 9.66. The zero-order valence-electron chi connectivity index (χ0n) is 16.7. The van der Waals surface area contributed by atoms with E-state index in [0.717, 1.165) is 23.3 Å². The van der Waals surface area contributed by atoms with E-state index >= 15 is 0 Å². The zero-order chi connectivity index (χ0) is 20.6. The van der Waals surface area contributed by atoms with E-state index in [2.05, 4.69) is 17.3 Å². The molecule has 3 aromatic rings. The van der Waals surface area contributed by atoms with E-state index in [1.807, 2.05) is 48.5 Å². The van der Waals surface area contributed by atoms with Crippen LogP contribution in [0.3, 0.4) is 0 Å². The minimum atomic E-state index is -0.307. The van der Waals surface area contributed by atoms with Crippen LogP contribution in [0.25, 0.3) is 11.3 Å². The molecule has 0 bridgehead atoms. The predicted octanol–water partition coefficient (Wildman–Crippen LogP) is 2.84. The topological polar surface area (TPSA) is 73.2 Å². The van der Waals surface area contributed by atoms with Crippen molar-refractivity contribution in [1.29, 1.82) is 0 Å². The number of carbonyl (C=O) groups is 1. The molecule has 6 heteroatoms. The van der Waals surface area contributed by atoms with Gasteiger partial charge in [-0.1, -0.05) is 49.4 Å². The molecule has 0 unspecified atom stereocenters. The van der Waals surface area contributed by atoms with Crippen molar-refractivity contribution in [3.05, 3.63) is 82.1 Å². The number of rotatable bonds is 8. The number of nitrogens with zero attached hydrogens (tertiary/aromatic N) is 2. The molecule has 0 aliphatic rings. The molecular weight excluding hydrogens is 366 g/mol. The Morgan fingerprint density at radius 3 is 2.55 bits per heavy atom. The van der Waals surface area contributed by atoms with E-state index in [-0.39, 0.29) is 18.0 Å². The number of benzene rings is 2. The number of carbonyl (C=O) groups excluding carboxylic acids is 1. The van der Waals surface area contributed by atoms with E-state index in [1.54, 1.807) is 13.2 Å². The van der Waals surface area contributed by atoms with Crippen LogP contribution in [0.5, 0.6) is 5.75 Å². The van der Waals surface area contributed by atoms with Crippen LogP contribution in [-0.4, -0.2) is 29.3 Å². The van der Waals surface area contributed by atoms with Crippen molar-refractivity contribution in [3.8, 4) is 17.0 Å². The minimum Gasteiger partial charge on any atom is -0.496 e. The van der Waals surface area contributed by atoms with Crippen molar-refractivity contribution in [3.63, 3.8) is 0 Å². The molecular formula is C23H25N3O3. The first-order chi connectivity index (χ1) is 14.1. The number of nitrogens with one attached hydrogen (secondary N) is 1. The van der Waals surface area contributed by atoms with E-state index < -0.39 is 0 Å². The van der Waals surface area contributed by atoms with Crippen molar-refractivity contribution >= 4 is 5.91 Å². The lowest BCUT2D eigenvalue weighted by atomic mass is 10.1. The fourth-order valence-electron chi connectivity index (χ4n) is 3.07. The maximum atomic E-state index is 12.3. The van der Waals surface area contributed by atoms with Crippen LogP contribution in [0.1, 0.15) is 18.1 Å². The quantitative estimate of drug-likeness (QED) is 0.641. The third-order valence-corrected chi connectivity index (χ3v) is 4.73. The summed E-state index contributed by atoms with van der Waals surface area (Å²) in [6.07, 6.45) is 1.60. The normalized spacial score (nSPS) is 10.6. The van der Waals surface area contributed by atoms with Gasteiger partial charge in [0.15, 0.2) is 0 Å². The molecule has 6 nitrogen and oxygen atoms in total. The Morgan fingerprint density at radius 1 is 1.07 bits per heavy atom. The number of para-hydroxylation sites is 1. The third-order valence-electron chi connectivity index (χ3n) is 4.73. The number of hydrogen-bond donors (Lipinski definition) is 1. The Labute approximate surface area is 170 Å². The van der Waals surface area contributed by atoms with Crippen molar-refractivity contribution < 1.29 is 9.53 Å². The van der Waals surface area contributed by atoms with Crippen LogP contribution in [0.2, 0.25) is 0 Å². The van der Waals surface area contributed by atoms with Gasteiger partial charge in [-0.05, 0) is 36.1 Å². The summed E-state index contributed by atoms with van der Waals surface area (Å²) in [6.45, 7) is 2.43. The highest BCUT2D eigenvalue weighted by atomic mass is 16.5. The van der Waals surface area contributed by atoms with E-state index in [0.29, 0.717) is 18.7 Å². The van der Waals surface area contributed by atoms with Gasteiger partial charge in [0.25, 0.3) is 5.56 Å². The van der Waals surface area contributed by atoms with Crippen LogP contribution < -0.4 is 15.6 Å². The highest BCUT2D eigenvalue weighted by molar-refractivity contribution is 5.75. The van der Waals surface area contributed by atoms with Crippen molar-refractivity contribution in [2.45, 2.75) is 26.3 Å². The summed E-state index contributed by atoms with van der Waals surface area (Å²) in [7, 11) is 1.62. The molecule has 0 atom stereocenters. The summed E-state index contributed by atoms with van der Waals surface area (Å²) in [4.78, 5) is 24.4. The lowest BCUT2D eigenvalue weighted by Gasteiger charge is -2.10. The minimum absolute atomic E-state index is 0.119. The summed E-state index contributed by atoms with van der Waals surface area (Å²) in [6, 6.07) is 18.8. The fourth-order valence-corrected chi connectivity index (χ4v) is 3.07. The monoisotopic (exact) mass is 391 g/mol. The van der Waals surface area contributed by atoms with E-state index in [4.69, 9.17) is 4.74 Å². The van der Waals surface area contributed by atoms with Crippen LogP contribution in [-0.2, 0) is 24.2 Å². The standard InChI is InChI=1S/C23H25N3O3/c1-3-17-8-10-18(11-9-17)20-12-13-23(28)26(25-20)16-22(27)24-15-14-19-6-4-5-7-21(19)29-2/h4-13H,3,14-16H2,1-2H3,(H,24,27). The van der Waals surface area contributed by atoms with Crippen LogP contribution in [0.15, 0.2) is 65.5 Å². The molecule has 1 heterocycles. The van der Waals surface area contributed by atoms with Gasteiger partial charge in [-0.25, -0.2) is 4.68 Å². The largest absolute Gasteiger partial charge is 0.496 e. The summed E-state index contributed by atoms with van der Waals surface area (Å²) < 4.78 is 6.51. The molecule has 0 saturated heterocycles. The molecule has 1 amide bonds. The highest BCUT2D eigenvalue weighted by Gasteiger charge is 2.09.